The highest BCUT2D eigenvalue weighted by molar-refractivity contribution is 5.76. The number of nitrogens with one attached hydrogen (secondary N) is 1. The number of hydrogen-bond acceptors (Lipinski definition) is 6. The topological polar surface area (TPSA) is 81.9 Å². The van der Waals surface area contributed by atoms with E-state index in [1.807, 2.05) is 31.5 Å². The van der Waals surface area contributed by atoms with Gasteiger partial charge in [-0.2, -0.15) is 5.10 Å². The quantitative estimate of drug-likeness (QED) is 0.549. The molecule has 4 rings (SSSR count). The van der Waals surface area contributed by atoms with Crippen LogP contribution in [0, 0.1) is 5.82 Å². The number of esters is 1. The van der Waals surface area contributed by atoms with Crippen LogP contribution in [0.5, 0.6) is 0 Å². The van der Waals surface area contributed by atoms with Crippen LogP contribution in [-0.4, -0.2) is 31.8 Å². The van der Waals surface area contributed by atoms with Crippen LogP contribution in [0.1, 0.15) is 50.3 Å². The van der Waals surface area contributed by atoms with E-state index in [2.05, 4.69) is 24.3 Å². The van der Waals surface area contributed by atoms with E-state index in [1.54, 1.807) is 16.8 Å². The molecule has 32 heavy (non-hydrogen) atoms. The summed E-state index contributed by atoms with van der Waals surface area (Å²) in [5.74, 6) is 0.637. The molecule has 0 amide bonds. The molecule has 0 aliphatic carbocycles. The molecule has 166 valence electrons. The summed E-state index contributed by atoms with van der Waals surface area (Å²) in [5, 5.41) is 7.49. The third-order valence-corrected chi connectivity index (χ3v) is 5.22. The first-order chi connectivity index (χ1) is 15.4. The van der Waals surface area contributed by atoms with Gasteiger partial charge in [0.2, 0.25) is 5.95 Å². The molecule has 1 atom stereocenters. The lowest BCUT2D eigenvalue weighted by molar-refractivity contribution is -0.150. The minimum absolute atomic E-state index is 0.0926. The van der Waals surface area contributed by atoms with Gasteiger partial charge in [-0.25, -0.2) is 14.4 Å². The van der Waals surface area contributed by atoms with E-state index in [0.717, 1.165) is 29.7 Å². The number of anilines is 2. The van der Waals surface area contributed by atoms with Gasteiger partial charge in [-0.1, -0.05) is 19.9 Å². The van der Waals surface area contributed by atoms with Gasteiger partial charge in [0.05, 0.1) is 11.4 Å². The first kappa shape index (κ1) is 21.7. The Kier molecular flexibility index (Phi) is 6.30. The third kappa shape index (κ3) is 5.01. The van der Waals surface area contributed by atoms with Gasteiger partial charge in [0.15, 0.2) is 5.82 Å². The summed E-state index contributed by atoms with van der Waals surface area (Å²) in [6.07, 6.45) is 7.41. The van der Waals surface area contributed by atoms with E-state index in [9.17, 15) is 9.18 Å². The lowest BCUT2D eigenvalue weighted by atomic mass is 9.97. The van der Waals surface area contributed by atoms with Crippen molar-refractivity contribution < 1.29 is 13.9 Å². The predicted octanol–water partition coefficient (Wildman–Crippen LogP) is 4.99. The van der Waals surface area contributed by atoms with Crippen molar-refractivity contribution in [2.24, 2.45) is 7.05 Å². The summed E-state index contributed by atoms with van der Waals surface area (Å²) in [6.45, 7) is 4.11. The number of benzene rings is 1. The zero-order valence-electron chi connectivity index (χ0n) is 18.4. The number of carbonyl (C=O) groups is 1. The SMILES string of the molecule is CC(C)c1nc(Nc2ccn(C)n2)nc(-c2ccc(F)cc2)c1/C=C/[C@@H]1CCCC(=O)O1. The molecular formula is C24H26FN5O2. The van der Waals surface area contributed by atoms with Crippen molar-refractivity contribution >= 4 is 23.8 Å². The molecule has 3 heterocycles. The standard InChI is InChI=1S/C24H26FN5O2/c1-15(2)22-19(12-11-18-5-4-6-21(31)32-18)23(16-7-9-17(25)10-8-16)28-24(27-22)26-20-13-14-30(3)29-20/h7-15,18H,4-6H2,1-3H3,(H,26,27,28,29)/b12-11+/t18-/m0/s1. The number of aromatic nitrogens is 4. The monoisotopic (exact) mass is 435 g/mol. The fourth-order valence-corrected chi connectivity index (χ4v) is 3.64. The molecule has 1 N–H and O–H groups in total. The number of carbonyl (C=O) groups excluding carboxylic acids is 1. The zero-order valence-corrected chi connectivity index (χ0v) is 18.4. The number of rotatable bonds is 6. The number of nitrogens with zero attached hydrogens (tertiary/aromatic N) is 4. The second-order valence-corrected chi connectivity index (χ2v) is 8.14. The van der Waals surface area contributed by atoms with E-state index in [1.165, 1.54) is 12.1 Å². The Hall–Kier alpha value is -3.55. The molecule has 7 nitrogen and oxygen atoms in total. The number of ether oxygens (including phenoxy) is 1. The smallest absolute Gasteiger partial charge is 0.306 e. The highest BCUT2D eigenvalue weighted by atomic mass is 19.1. The van der Waals surface area contributed by atoms with Gasteiger partial charge in [-0.05, 0) is 49.1 Å². The van der Waals surface area contributed by atoms with E-state index < -0.39 is 0 Å². The molecule has 1 aromatic carbocycles. The van der Waals surface area contributed by atoms with Crippen LogP contribution in [0.3, 0.4) is 0 Å². The largest absolute Gasteiger partial charge is 0.458 e. The van der Waals surface area contributed by atoms with Crippen LogP contribution < -0.4 is 5.32 Å². The molecule has 0 saturated carbocycles. The molecule has 0 bridgehead atoms. The Labute approximate surface area is 186 Å². The lowest BCUT2D eigenvalue weighted by Crippen LogP contribution is -2.21. The predicted molar refractivity (Wildman–Crippen MR) is 121 cm³/mol. The third-order valence-electron chi connectivity index (χ3n) is 5.22. The minimum Gasteiger partial charge on any atom is -0.458 e. The molecule has 0 spiro atoms. The molecule has 1 saturated heterocycles. The average molecular weight is 436 g/mol. The summed E-state index contributed by atoms with van der Waals surface area (Å²) in [6, 6.07) is 8.05. The summed E-state index contributed by atoms with van der Waals surface area (Å²) in [4.78, 5) is 21.2. The number of halogens is 1. The van der Waals surface area contributed by atoms with E-state index >= 15 is 0 Å². The van der Waals surface area contributed by atoms with Crippen molar-refractivity contribution in [2.45, 2.75) is 45.1 Å². The van der Waals surface area contributed by atoms with Gasteiger partial charge >= 0.3 is 5.97 Å². The summed E-state index contributed by atoms with van der Waals surface area (Å²) in [7, 11) is 1.83. The second-order valence-electron chi connectivity index (χ2n) is 8.14. The van der Waals surface area contributed by atoms with E-state index in [4.69, 9.17) is 14.7 Å². The van der Waals surface area contributed by atoms with Crippen molar-refractivity contribution in [3.05, 3.63) is 59.7 Å². The number of aryl methyl sites for hydroxylation is 1. The molecule has 8 heteroatoms. The Morgan fingerprint density at radius 2 is 2.00 bits per heavy atom. The van der Waals surface area contributed by atoms with Gasteiger partial charge < -0.3 is 10.1 Å². The molecule has 2 aromatic heterocycles. The Morgan fingerprint density at radius 1 is 1.22 bits per heavy atom. The molecule has 1 aliphatic rings. The normalized spacial score (nSPS) is 16.5. The summed E-state index contributed by atoms with van der Waals surface area (Å²) >= 11 is 0. The van der Waals surface area contributed by atoms with Crippen molar-refractivity contribution in [3.8, 4) is 11.3 Å². The van der Waals surface area contributed by atoms with Crippen LogP contribution in [-0.2, 0) is 16.6 Å². The molecule has 3 aromatic rings. The van der Waals surface area contributed by atoms with Crippen LogP contribution in [0.15, 0.2) is 42.6 Å². The van der Waals surface area contributed by atoms with E-state index in [0.29, 0.717) is 23.9 Å². The van der Waals surface area contributed by atoms with Crippen LogP contribution in [0.2, 0.25) is 0 Å². The maximum Gasteiger partial charge on any atom is 0.306 e. The average Bonchev–Trinajstić information content (AvgIpc) is 3.17. The van der Waals surface area contributed by atoms with Gasteiger partial charge in [-0.3, -0.25) is 9.48 Å². The van der Waals surface area contributed by atoms with Crippen molar-refractivity contribution in [1.82, 2.24) is 19.7 Å². The molecule has 0 unspecified atom stereocenters. The fourth-order valence-electron chi connectivity index (χ4n) is 3.64. The maximum absolute atomic E-state index is 13.6. The first-order valence-corrected chi connectivity index (χ1v) is 10.7. The van der Waals surface area contributed by atoms with Gasteiger partial charge in [0.25, 0.3) is 0 Å². The lowest BCUT2D eigenvalue weighted by Gasteiger charge is -2.20. The molecule has 1 aliphatic heterocycles. The van der Waals surface area contributed by atoms with Crippen molar-refractivity contribution in [2.75, 3.05) is 5.32 Å². The first-order valence-electron chi connectivity index (χ1n) is 10.7. The van der Waals surface area contributed by atoms with Gasteiger partial charge in [0.1, 0.15) is 11.9 Å². The van der Waals surface area contributed by atoms with Gasteiger partial charge in [0, 0.05) is 36.9 Å². The Bertz CT molecular complexity index is 1140. The Balaban J connectivity index is 1.79. The van der Waals surface area contributed by atoms with Gasteiger partial charge in [-0.15, -0.1) is 0 Å². The maximum atomic E-state index is 13.6. The molecular weight excluding hydrogens is 409 g/mol. The van der Waals surface area contributed by atoms with Crippen molar-refractivity contribution in [3.63, 3.8) is 0 Å². The van der Waals surface area contributed by atoms with Crippen LogP contribution in [0.4, 0.5) is 16.2 Å². The van der Waals surface area contributed by atoms with Crippen LogP contribution in [0.25, 0.3) is 17.3 Å². The Morgan fingerprint density at radius 3 is 2.66 bits per heavy atom. The highest BCUT2D eigenvalue weighted by Gasteiger charge is 2.20. The molecule has 1 fully saturated rings. The summed E-state index contributed by atoms with van der Waals surface area (Å²) < 4.78 is 20.7. The zero-order chi connectivity index (χ0) is 22.7. The minimum atomic E-state index is -0.315. The number of hydrogen-bond donors (Lipinski definition) is 1. The fraction of sp³-hybridized carbons (Fsp3) is 0.333. The number of cyclic esters (lactones) is 1. The highest BCUT2D eigenvalue weighted by Crippen LogP contribution is 2.31. The molecule has 0 radical (unpaired) electrons. The van der Waals surface area contributed by atoms with Crippen molar-refractivity contribution in [1.29, 1.82) is 0 Å². The second kappa shape index (κ2) is 9.30. The summed E-state index contributed by atoms with van der Waals surface area (Å²) in [5.41, 5.74) is 3.08. The van der Waals surface area contributed by atoms with Crippen LogP contribution >= 0.6 is 0 Å². The van der Waals surface area contributed by atoms with E-state index in [-0.39, 0.29) is 23.8 Å².